The molecule has 1 aromatic heterocycles. The van der Waals surface area contributed by atoms with Crippen LogP contribution in [0.4, 0.5) is 22.0 Å². The molecule has 0 N–H and O–H groups in total. The van der Waals surface area contributed by atoms with E-state index in [0.29, 0.717) is 0 Å². The summed E-state index contributed by atoms with van der Waals surface area (Å²) in [5, 5.41) is 7.11. The van der Waals surface area contributed by atoms with E-state index in [2.05, 4.69) is 10.4 Å². The van der Waals surface area contributed by atoms with Gasteiger partial charge in [-0.3, -0.25) is 0 Å². The smallest absolute Gasteiger partial charge is 0.419 e. The first-order valence-electron chi connectivity index (χ1n) is 7.88. The Hall–Kier alpha value is -3.24. The van der Waals surface area contributed by atoms with Crippen LogP contribution in [0.1, 0.15) is 23.1 Å². The molecule has 3 aromatic rings. The third kappa shape index (κ3) is 3.73. The molecule has 6 nitrogen and oxygen atoms in total. The highest BCUT2D eigenvalue weighted by Gasteiger charge is 2.34. The molecule has 0 bridgehead atoms. The highest BCUT2D eigenvalue weighted by Crippen LogP contribution is 2.37. The number of hydrogen-bond donors (Lipinski definition) is 0. The zero-order valence-corrected chi connectivity index (χ0v) is 14.3. The van der Waals surface area contributed by atoms with E-state index in [9.17, 15) is 26.7 Å². The molecular weight excluding hydrogens is 387 g/mol. The number of halogens is 5. The normalized spacial score (nSPS) is 11.8. The van der Waals surface area contributed by atoms with Gasteiger partial charge < -0.3 is 4.74 Å². The molecule has 0 amide bonds. The van der Waals surface area contributed by atoms with Gasteiger partial charge in [0.1, 0.15) is 12.4 Å². The Bertz CT molecular complexity index is 1040. The summed E-state index contributed by atoms with van der Waals surface area (Å²) in [6.07, 6.45) is -7.62. The van der Waals surface area contributed by atoms with E-state index in [-0.39, 0.29) is 11.3 Å². The fourth-order valence-corrected chi connectivity index (χ4v) is 2.59. The van der Waals surface area contributed by atoms with Crippen molar-refractivity contribution in [3.05, 3.63) is 69.6 Å². The Kier molecular flexibility index (Phi) is 5.16. The van der Waals surface area contributed by atoms with Crippen molar-refractivity contribution < 1.29 is 26.7 Å². The van der Waals surface area contributed by atoms with Crippen molar-refractivity contribution in [2.75, 3.05) is 0 Å². The zero-order valence-electron chi connectivity index (χ0n) is 14.3. The summed E-state index contributed by atoms with van der Waals surface area (Å²) in [4.78, 5) is 12.1. The van der Waals surface area contributed by atoms with Gasteiger partial charge in [0, 0.05) is 18.2 Å². The number of nitrogens with zero attached hydrogens (tertiary/aromatic N) is 4. The third-order valence-corrected chi connectivity index (χ3v) is 3.94. The zero-order chi connectivity index (χ0) is 20.5. The van der Waals surface area contributed by atoms with Crippen LogP contribution >= 0.6 is 0 Å². The highest BCUT2D eigenvalue weighted by atomic mass is 19.4. The van der Waals surface area contributed by atoms with Crippen molar-refractivity contribution in [2.45, 2.75) is 19.2 Å². The van der Waals surface area contributed by atoms with Gasteiger partial charge in [-0.25, -0.2) is 13.6 Å². The minimum atomic E-state index is -4.68. The second kappa shape index (κ2) is 7.41. The van der Waals surface area contributed by atoms with Gasteiger partial charge >= 0.3 is 11.9 Å². The van der Waals surface area contributed by atoms with Gasteiger partial charge in [0.25, 0.3) is 6.43 Å². The summed E-state index contributed by atoms with van der Waals surface area (Å²) < 4.78 is 73.2. The lowest BCUT2D eigenvalue weighted by Gasteiger charge is -2.17. The lowest BCUT2D eigenvalue weighted by Crippen LogP contribution is -2.23. The van der Waals surface area contributed by atoms with Crippen LogP contribution in [0.2, 0.25) is 0 Å². The number of aryl methyl sites for hydroxylation is 1. The van der Waals surface area contributed by atoms with Gasteiger partial charge in [-0.05, 0) is 28.6 Å². The van der Waals surface area contributed by atoms with Crippen LogP contribution < -0.4 is 10.4 Å². The number of hydrogen-bond acceptors (Lipinski definition) is 4. The Labute approximate surface area is 154 Å². The van der Waals surface area contributed by atoms with Crippen molar-refractivity contribution in [3.63, 3.8) is 0 Å². The first kappa shape index (κ1) is 19.5. The van der Waals surface area contributed by atoms with Crippen molar-refractivity contribution in [2.24, 2.45) is 7.05 Å². The molecule has 0 atom stereocenters. The lowest BCUT2D eigenvalue weighted by molar-refractivity contribution is -0.139. The van der Waals surface area contributed by atoms with Crippen LogP contribution in [0, 0.1) is 0 Å². The second-order valence-corrected chi connectivity index (χ2v) is 5.73. The monoisotopic (exact) mass is 400 g/mol. The average Bonchev–Trinajstić information content (AvgIpc) is 2.98. The summed E-state index contributed by atoms with van der Waals surface area (Å²) in [7, 11) is 1.32. The fraction of sp³-hybridized carbons (Fsp3) is 0.235. The Balaban J connectivity index is 2.05. The number of alkyl halides is 5. The summed E-state index contributed by atoms with van der Waals surface area (Å²) in [5.41, 5.74) is -2.46. The van der Waals surface area contributed by atoms with Crippen LogP contribution in [-0.4, -0.2) is 19.8 Å². The Morgan fingerprint density at radius 2 is 1.79 bits per heavy atom. The molecule has 3 rings (SSSR count). The van der Waals surface area contributed by atoms with E-state index in [1.54, 1.807) is 0 Å². The molecule has 0 saturated heterocycles. The van der Waals surface area contributed by atoms with Crippen molar-refractivity contribution in [1.29, 1.82) is 0 Å². The maximum atomic E-state index is 13.5. The predicted molar refractivity (Wildman–Crippen MR) is 87.3 cm³/mol. The number of para-hydroxylation sites is 1. The van der Waals surface area contributed by atoms with Crippen LogP contribution in [0.25, 0.3) is 5.69 Å². The summed E-state index contributed by atoms with van der Waals surface area (Å²) in [5.74, 6) is -0.517. The van der Waals surface area contributed by atoms with E-state index < -0.39 is 41.8 Å². The quantitative estimate of drug-likeness (QED) is 0.615. The van der Waals surface area contributed by atoms with Gasteiger partial charge in [-0.2, -0.15) is 22.5 Å². The van der Waals surface area contributed by atoms with Crippen LogP contribution in [0.15, 0.2) is 47.3 Å². The number of benzene rings is 2. The standard InChI is InChI=1S/C17H13F5N4O2/c1-25-16(27)26(24-23-25)13-7-4-5-10(15(18)19)11(13)9-28-14-8-3-2-6-12(14)17(20,21)22/h2-8,15H,9H2,1H3. The summed E-state index contributed by atoms with van der Waals surface area (Å²) in [6, 6.07) is 8.14. The van der Waals surface area contributed by atoms with Gasteiger partial charge in [0.15, 0.2) is 0 Å². The van der Waals surface area contributed by atoms with E-state index in [1.807, 2.05) is 0 Å². The SMILES string of the molecule is Cn1nnn(-c2cccc(C(F)F)c2COc2ccccc2C(F)(F)F)c1=O. The highest BCUT2D eigenvalue weighted by molar-refractivity contribution is 5.46. The number of tetrazole rings is 1. The van der Waals surface area contributed by atoms with Crippen LogP contribution in [0.3, 0.4) is 0 Å². The van der Waals surface area contributed by atoms with Gasteiger partial charge in [0.2, 0.25) is 0 Å². The number of ether oxygens (including phenoxy) is 1. The summed E-state index contributed by atoms with van der Waals surface area (Å²) >= 11 is 0. The number of aromatic nitrogens is 4. The van der Waals surface area contributed by atoms with Crippen molar-refractivity contribution in [1.82, 2.24) is 19.8 Å². The predicted octanol–water partition coefficient (Wildman–Crippen LogP) is 3.50. The molecule has 0 aliphatic heterocycles. The van der Waals surface area contributed by atoms with Gasteiger partial charge in [-0.15, -0.1) is 0 Å². The van der Waals surface area contributed by atoms with E-state index in [4.69, 9.17) is 4.74 Å². The molecule has 0 spiro atoms. The molecule has 0 radical (unpaired) electrons. The van der Waals surface area contributed by atoms with E-state index in [1.165, 1.54) is 31.3 Å². The Morgan fingerprint density at radius 3 is 2.39 bits per heavy atom. The fourth-order valence-electron chi connectivity index (χ4n) is 2.59. The molecule has 11 heteroatoms. The maximum absolute atomic E-state index is 13.5. The molecule has 0 aliphatic carbocycles. The van der Waals surface area contributed by atoms with Crippen LogP contribution in [-0.2, 0) is 19.8 Å². The molecule has 0 saturated carbocycles. The lowest BCUT2D eigenvalue weighted by atomic mass is 10.1. The molecule has 0 fully saturated rings. The number of rotatable bonds is 5. The maximum Gasteiger partial charge on any atom is 0.419 e. The summed E-state index contributed by atoms with van der Waals surface area (Å²) in [6.45, 7) is -0.633. The van der Waals surface area contributed by atoms with E-state index >= 15 is 0 Å². The first-order chi connectivity index (χ1) is 13.2. The van der Waals surface area contributed by atoms with Crippen molar-refractivity contribution in [3.8, 4) is 11.4 Å². The Morgan fingerprint density at radius 1 is 1.07 bits per heavy atom. The van der Waals surface area contributed by atoms with Crippen molar-refractivity contribution >= 4 is 0 Å². The first-order valence-corrected chi connectivity index (χ1v) is 7.88. The van der Waals surface area contributed by atoms with Gasteiger partial charge in [0.05, 0.1) is 11.3 Å². The van der Waals surface area contributed by atoms with Gasteiger partial charge in [-0.1, -0.05) is 24.3 Å². The molecule has 2 aromatic carbocycles. The average molecular weight is 400 g/mol. The molecule has 28 heavy (non-hydrogen) atoms. The largest absolute Gasteiger partial charge is 0.488 e. The molecule has 0 unspecified atom stereocenters. The second-order valence-electron chi connectivity index (χ2n) is 5.73. The molecule has 1 heterocycles. The molecule has 148 valence electrons. The third-order valence-electron chi connectivity index (χ3n) is 3.94. The minimum Gasteiger partial charge on any atom is -0.488 e. The molecule has 0 aliphatic rings. The topological polar surface area (TPSA) is 61.9 Å². The van der Waals surface area contributed by atoms with Crippen LogP contribution in [0.5, 0.6) is 5.75 Å². The molecular formula is C17H13F5N4O2. The van der Waals surface area contributed by atoms with E-state index in [0.717, 1.165) is 27.6 Å². The minimum absolute atomic E-state index is 0.0552.